The first-order valence-corrected chi connectivity index (χ1v) is 7.37. The van der Waals surface area contributed by atoms with Crippen LogP contribution in [0, 0.1) is 0 Å². The number of thiocarbonyl (C=S) groups is 1. The molecular formula is C13H15N3S2. The maximum absolute atomic E-state index is 5.60. The summed E-state index contributed by atoms with van der Waals surface area (Å²) in [7, 11) is 0. The first kappa shape index (κ1) is 11.9. The Labute approximate surface area is 116 Å². The molecule has 1 fully saturated rings. The van der Waals surface area contributed by atoms with E-state index in [2.05, 4.69) is 23.1 Å². The lowest BCUT2D eigenvalue weighted by molar-refractivity contribution is 0.798. The van der Waals surface area contributed by atoms with E-state index < -0.39 is 0 Å². The summed E-state index contributed by atoms with van der Waals surface area (Å²) < 4.78 is 1.24. The van der Waals surface area contributed by atoms with E-state index in [0.717, 1.165) is 23.6 Å². The lowest BCUT2D eigenvalue weighted by atomic mass is 10.3. The highest BCUT2D eigenvalue weighted by molar-refractivity contribution is 7.80. The van der Waals surface area contributed by atoms with Crippen LogP contribution in [0.5, 0.6) is 0 Å². The summed E-state index contributed by atoms with van der Waals surface area (Å²) in [6, 6.07) is 8.91. The molecule has 94 valence electrons. The maximum Gasteiger partial charge on any atom is 0.186 e. The minimum Gasteiger partial charge on any atom is -0.393 e. The van der Waals surface area contributed by atoms with Crippen LogP contribution in [0.25, 0.3) is 10.2 Å². The third-order valence-corrected chi connectivity index (χ3v) is 4.39. The molecule has 0 saturated heterocycles. The van der Waals surface area contributed by atoms with Crippen LogP contribution in [0.15, 0.2) is 24.3 Å². The molecule has 0 radical (unpaired) electrons. The second-order valence-corrected chi connectivity index (χ2v) is 6.14. The molecule has 2 N–H and O–H groups in total. The van der Waals surface area contributed by atoms with E-state index in [0.29, 0.717) is 11.0 Å². The Hall–Kier alpha value is -1.20. The summed E-state index contributed by atoms with van der Waals surface area (Å²) in [6.07, 6.45) is 3.28. The van der Waals surface area contributed by atoms with Gasteiger partial charge in [-0.3, -0.25) is 0 Å². The van der Waals surface area contributed by atoms with Crippen molar-refractivity contribution in [2.45, 2.75) is 25.3 Å². The number of rotatable bonds is 5. The van der Waals surface area contributed by atoms with Gasteiger partial charge in [0.1, 0.15) is 0 Å². The fraction of sp³-hybridized carbons (Fsp3) is 0.385. The molecule has 18 heavy (non-hydrogen) atoms. The van der Waals surface area contributed by atoms with Crippen molar-refractivity contribution in [3.63, 3.8) is 0 Å². The summed E-state index contributed by atoms with van der Waals surface area (Å²) in [5, 5.41) is 1.11. The number of para-hydroxylation sites is 1. The molecule has 0 amide bonds. The van der Waals surface area contributed by atoms with E-state index in [1.165, 1.54) is 17.5 Å². The van der Waals surface area contributed by atoms with Gasteiger partial charge in [-0.05, 0) is 25.0 Å². The SMILES string of the molecule is NC(=S)CCN(c1nc2ccccc2s1)C1CC1. The van der Waals surface area contributed by atoms with Gasteiger partial charge in [0.25, 0.3) is 0 Å². The van der Waals surface area contributed by atoms with Crippen molar-refractivity contribution in [2.75, 3.05) is 11.4 Å². The second kappa shape index (κ2) is 4.82. The average Bonchev–Trinajstić information content (AvgIpc) is 3.08. The number of aromatic nitrogens is 1. The number of anilines is 1. The first-order valence-electron chi connectivity index (χ1n) is 6.14. The highest BCUT2D eigenvalue weighted by Crippen LogP contribution is 2.36. The Morgan fingerprint density at radius 3 is 2.89 bits per heavy atom. The Balaban J connectivity index is 1.86. The fourth-order valence-corrected chi connectivity index (χ4v) is 3.19. The third-order valence-electron chi connectivity index (χ3n) is 3.12. The average molecular weight is 277 g/mol. The van der Waals surface area contributed by atoms with Crippen LogP contribution in [-0.4, -0.2) is 22.6 Å². The third kappa shape index (κ3) is 2.47. The Kier molecular flexibility index (Phi) is 3.18. The molecular weight excluding hydrogens is 262 g/mol. The summed E-state index contributed by atoms with van der Waals surface area (Å²) in [6.45, 7) is 0.889. The molecule has 0 bridgehead atoms. The molecule has 1 saturated carbocycles. The Morgan fingerprint density at radius 1 is 1.44 bits per heavy atom. The highest BCUT2D eigenvalue weighted by atomic mass is 32.1. The van der Waals surface area contributed by atoms with Crippen molar-refractivity contribution in [1.29, 1.82) is 0 Å². The molecule has 5 heteroatoms. The number of benzene rings is 1. The topological polar surface area (TPSA) is 42.1 Å². The fourth-order valence-electron chi connectivity index (χ4n) is 2.03. The zero-order valence-corrected chi connectivity index (χ0v) is 11.6. The van der Waals surface area contributed by atoms with Gasteiger partial charge in [-0.2, -0.15) is 0 Å². The standard InChI is InChI=1S/C13H15N3S2/c14-12(17)7-8-16(9-5-6-9)13-15-10-3-1-2-4-11(10)18-13/h1-4,9H,5-8H2,(H2,14,17). The van der Waals surface area contributed by atoms with Crippen LogP contribution < -0.4 is 10.6 Å². The van der Waals surface area contributed by atoms with Gasteiger partial charge in [0.2, 0.25) is 0 Å². The van der Waals surface area contributed by atoms with E-state index in [4.69, 9.17) is 22.9 Å². The van der Waals surface area contributed by atoms with Crippen molar-refractivity contribution in [3.8, 4) is 0 Å². The molecule has 0 unspecified atom stereocenters. The summed E-state index contributed by atoms with van der Waals surface area (Å²) >= 11 is 6.73. The number of fused-ring (bicyclic) bond motifs is 1. The van der Waals surface area contributed by atoms with Crippen molar-refractivity contribution in [3.05, 3.63) is 24.3 Å². The van der Waals surface area contributed by atoms with Gasteiger partial charge in [0.15, 0.2) is 5.13 Å². The summed E-state index contributed by atoms with van der Waals surface area (Å²) in [5.41, 5.74) is 6.68. The van der Waals surface area contributed by atoms with Gasteiger partial charge in [-0.25, -0.2) is 4.98 Å². The van der Waals surface area contributed by atoms with E-state index in [-0.39, 0.29) is 0 Å². The van der Waals surface area contributed by atoms with Crippen molar-refractivity contribution in [1.82, 2.24) is 4.98 Å². The highest BCUT2D eigenvalue weighted by Gasteiger charge is 2.30. The second-order valence-electron chi connectivity index (χ2n) is 4.61. The quantitative estimate of drug-likeness (QED) is 0.853. The molecule has 2 aromatic rings. The number of hydrogen-bond acceptors (Lipinski definition) is 4. The van der Waals surface area contributed by atoms with Crippen LogP contribution in [-0.2, 0) is 0 Å². The predicted molar refractivity (Wildman–Crippen MR) is 81.4 cm³/mol. The molecule has 0 aliphatic heterocycles. The molecule has 1 aliphatic rings. The van der Waals surface area contributed by atoms with E-state index in [9.17, 15) is 0 Å². The van der Waals surface area contributed by atoms with Crippen LogP contribution in [0.3, 0.4) is 0 Å². The summed E-state index contributed by atoms with van der Waals surface area (Å²) in [5.74, 6) is 0. The van der Waals surface area contributed by atoms with Gasteiger partial charge in [-0.15, -0.1) is 0 Å². The Morgan fingerprint density at radius 2 is 2.22 bits per heavy atom. The molecule has 3 nitrogen and oxygen atoms in total. The van der Waals surface area contributed by atoms with Gasteiger partial charge in [0, 0.05) is 19.0 Å². The maximum atomic E-state index is 5.60. The zero-order valence-electron chi connectivity index (χ0n) is 10.0. The van der Waals surface area contributed by atoms with Crippen molar-refractivity contribution >= 4 is 43.9 Å². The lowest BCUT2D eigenvalue weighted by Gasteiger charge is -2.20. The number of hydrogen-bond donors (Lipinski definition) is 1. The molecule has 0 spiro atoms. The largest absolute Gasteiger partial charge is 0.393 e. The van der Waals surface area contributed by atoms with Crippen molar-refractivity contribution < 1.29 is 0 Å². The van der Waals surface area contributed by atoms with Gasteiger partial charge >= 0.3 is 0 Å². The normalized spacial score (nSPS) is 14.9. The summed E-state index contributed by atoms with van der Waals surface area (Å²) in [4.78, 5) is 7.66. The lowest BCUT2D eigenvalue weighted by Crippen LogP contribution is -2.29. The number of nitrogens with two attached hydrogens (primary N) is 1. The van der Waals surface area contributed by atoms with Crippen LogP contribution >= 0.6 is 23.6 Å². The molecule has 1 aromatic carbocycles. The monoisotopic (exact) mass is 277 g/mol. The van der Waals surface area contributed by atoms with Crippen LogP contribution in [0.2, 0.25) is 0 Å². The molecule has 1 aromatic heterocycles. The molecule has 1 heterocycles. The van der Waals surface area contributed by atoms with Crippen LogP contribution in [0.4, 0.5) is 5.13 Å². The predicted octanol–water partition coefficient (Wildman–Crippen LogP) is 2.94. The zero-order chi connectivity index (χ0) is 12.5. The molecule has 1 aliphatic carbocycles. The van der Waals surface area contributed by atoms with E-state index >= 15 is 0 Å². The molecule has 3 rings (SSSR count). The molecule has 0 atom stereocenters. The van der Waals surface area contributed by atoms with E-state index in [1.807, 2.05) is 6.07 Å². The van der Waals surface area contributed by atoms with Gasteiger partial charge < -0.3 is 10.6 Å². The first-order chi connectivity index (χ1) is 8.74. The number of thiazole rings is 1. The van der Waals surface area contributed by atoms with Gasteiger partial charge in [0.05, 0.1) is 15.2 Å². The van der Waals surface area contributed by atoms with Crippen LogP contribution in [0.1, 0.15) is 19.3 Å². The van der Waals surface area contributed by atoms with Gasteiger partial charge in [-0.1, -0.05) is 35.7 Å². The smallest absolute Gasteiger partial charge is 0.186 e. The number of nitrogens with zero attached hydrogens (tertiary/aromatic N) is 2. The van der Waals surface area contributed by atoms with Crippen molar-refractivity contribution in [2.24, 2.45) is 5.73 Å². The van der Waals surface area contributed by atoms with E-state index in [1.54, 1.807) is 11.3 Å². The minimum absolute atomic E-state index is 0.585. The Bertz CT molecular complexity index is 541. The minimum atomic E-state index is 0.585.